The van der Waals surface area contributed by atoms with E-state index >= 15 is 0 Å². The smallest absolute Gasteiger partial charge is 0.334 e. The summed E-state index contributed by atoms with van der Waals surface area (Å²) in [5.74, 6) is -2.16. The van der Waals surface area contributed by atoms with E-state index in [4.69, 9.17) is 0 Å². The van der Waals surface area contributed by atoms with Crippen molar-refractivity contribution in [3.63, 3.8) is 0 Å². The van der Waals surface area contributed by atoms with Gasteiger partial charge in [-0.25, -0.2) is 19.2 Å². The molecule has 2 heterocycles. The lowest BCUT2D eigenvalue weighted by molar-refractivity contribution is -0.189. The second-order valence-electron chi connectivity index (χ2n) is 9.25. The van der Waals surface area contributed by atoms with Crippen LogP contribution in [0.3, 0.4) is 0 Å². The van der Waals surface area contributed by atoms with Crippen LogP contribution in [0.2, 0.25) is 0 Å². The zero-order valence-corrected chi connectivity index (χ0v) is 20.7. The van der Waals surface area contributed by atoms with E-state index in [-0.39, 0.29) is 56.1 Å². The Morgan fingerprint density at radius 1 is 1.11 bits per heavy atom. The number of hydrogen-bond acceptors (Lipinski definition) is 5. The fraction of sp³-hybridized carbons (Fsp3) is 0.385. The summed E-state index contributed by atoms with van der Waals surface area (Å²) in [5, 5.41) is 15.0. The van der Waals surface area contributed by atoms with E-state index in [1.165, 1.54) is 27.1 Å². The van der Waals surface area contributed by atoms with Gasteiger partial charge in [-0.1, -0.05) is 42.5 Å². The zero-order chi connectivity index (χ0) is 26.7. The number of amides is 4. The number of urea groups is 1. The SMILES string of the molecule is C[C@H](c1ccccc1)N1CC2N(C(=O)CN(C)N2C(=O)NCc2ccc(F)cc2)[C@@H](CCC(=O)O)C1=O. The van der Waals surface area contributed by atoms with Crippen LogP contribution in [-0.4, -0.2) is 81.1 Å². The molecule has 3 atom stereocenters. The molecule has 2 aliphatic rings. The van der Waals surface area contributed by atoms with Gasteiger partial charge >= 0.3 is 12.0 Å². The van der Waals surface area contributed by atoms with Crippen molar-refractivity contribution in [3.8, 4) is 0 Å². The van der Waals surface area contributed by atoms with E-state index < -0.39 is 24.2 Å². The first-order valence-electron chi connectivity index (χ1n) is 12.1. The second kappa shape index (κ2) is 11.0. The van der Waals surface area contributed by atoms with Crippen LogP contribution in [-0.2, 0) is 20.9 Å². The fourth-order valence-electron chi connectivity index (χ4n) is 4.92. The summed E-state index contributed by atoms with van der Waals surface area (Å²) in [7, 11) is 1.61. The number of hydrogen-bond donors (Lipinski definition) is 2. The van der Waals surface area contributed by atoms with Crippen LogP contribution in [0.25, 0.3) is 0 Å². The van der Waals surface area contributed by atoms with E-state index in [0.29, 0.717) is 5.56 Å². The Bertz CT molecular complexity index is 1160. The molecule has 2 aromatic rings. The third kappa shape index (κ3) is 5.56. The topological polar surface area (TPSA) is 114 Å². The molecule has 2 aromatic carbocycles. The number of rotatable bonds is 7. The molecule has 2 fully saturated rings. The number of aliphatic carboxylic acids is 1. The molecule has 0 aliphatic carbocycles. The minimum Gasteiger partial charge on any atom is -0.481 e. The van der Waals surface area contributed by atoms with Gasteiger partial charge < -0.3 is 20.2 Å². The minimum absolute atomic E-state index is 0.0541. The molecule has 0 saturated carbocycles. The van der Waals surface area contributed by atoms with Crippen LogP contribution < -0.4 is 5.32 Å². The van der Waals surface area contributed by atoms with Gasteiger partial charge in [0.25, 0.3) is 0 Å². The van der Waals surface area contributed by atoms with Gasteiger partial charge in [0.2, 0.25) is 11.8 Å². The van der Waals surface area contributed by atoms with Crippen molar-refractivity contribution in [2.75, 3.05) is 20.1 Å². The third-order valence-electron chi connectivity index (χ3n) is 6.83. The molecule has 0 aromatic heterocycles. The molecule has 2 saturated heterocycles. The number of halogens is 1. The summed E-state index contributed by atoms with van der Waals surface area (Å²) in [6.45, 7) is 1.91. The highest BCUT2D eigenvalue weighted by Gasteiger charge is 2.51. The maximum Gasteiger partial charge on any atom is 0.334 e. The van der Waals surface area contributed by atoms with Crippen LogP contribution in [0.1, 0.15) is 36.9 Å². The van der Waals surface area contributed by atoms with Crippen molar-refractivity contribution in [2.45, 2.75) is 44.6 Å². The van der Waals surface area contributed by atoms with E-state index in [1.54, 1.807) is 24.1 Å². The summed E-state index contributed by atoms with van der Waals surface area (Å²) < 4.78 is 13.2. The van der Waals surface area contributed by atoms with Crippen molar-refractivity contribution in [1.82, 2.24) is 25.1 Å². The highest BCUT2D eigenvalue weighted by molar-refractivity contribution is 5.92. The van der Waals surface area contributed by atoms with Crippen molar-refractivity contribution in [1.29, 1.82) is 0 Å². The van der Waals surface area contributed by atoms with Crippen LogP contribution in [0.4, 0.5) is 9.18 Å². The summed E-state index contributed by atoms with van der Waals surface area (Å²) in [5.41, 5.74) is 1.57. The summed E-state index contributed by atoms with van der Waals surface area (Å²) in [6.07, 6.45) is -1.20. The molecular weight excluding hydrogens is 481 g/mol. The third-order valence-corrected chi connectivity index (χ3v) is 6.83. The number of benzene rings is 2. The van der Waals surface area contributed by atoms with E-state index in [9.17, 15) is 28.7 Å². The molecule has 2 aliphatic heterocycles. The average Bonchev–Trinajstić information content (AvgIpc) is 2.87. The van der Waals surface area contributed by atoms with Gasteiger partial charge in [0.15, 0.2) is 0 Å². The van der Waals surface area contributed by atoms with Gasteiger partial charge in [-0.05, 0) is 36.6 Å². The Hall–Kier alpha value is -3.99. The molecule has 4 rings (SSSR count). The van der Waals surface area contributed by atoms with Gasteiger partial charge in [-0.2, -0.15) is 0 Å². The number of piperazine rings is 1. The number of carbonyl (C=O) groups excluding carboxylic acids is 3. The number of carboxylic acids is 1. The minimum atomic E-state index is -1.08. The Morgan fingerprint density at radius 3 is 2.43 bits per heavy atom. The number of likely N-dealkylation sites (N-methyl/N-ethyl adjacent to an activating group) is 1. The Morgan fingerprint density at radius 2 is 1.78 bits per heavy atom. The molecule has 196 valence electrons. The lowest BCUT2D eigenvalue weighted by atomic mass is 9.98. The standard InChI is InChI=1S/C26H30FN5O5/c1-17(19-6-4-3-5-7-19)30-15-22-31(21(25(30)36)12-13-24(34)35)23(33)16-29(2)32(22)26(37)28-14-18-8-10-20(27)11-9-18/h3-11,17,21-22H,12-16H2,1-2H3,(H,28,37)(H,34,35)/t17-,21+,22?/m1/s1. The molecule has 2 N–H and O–H groups in total. The maximum absolute atomic E-state index is 13.6. The van der Waals surface area contributed by atoms with Crippen LogP contribution in [0, 0.1) is 5.82 Å². The number of fused-ring (bicyclic) bond motifs is 1. The lowest BCUT2D eigenvalue weighted by Crippen LogP contribution is -2.76. The van der Waals surface area contributed by atoms with Gasteiger partial charge in [0.1, 0.15) is 18.0 Å². The van der Waals surface area contributed by atoms with Crippen LogP contribution in [0.5, 0.6) is 0 Å². The van der Waals surface area contributed by atoms with Gasteiger partial charge in [-0.15, -0.1) is 0 Å². The monoisotopic (exact) mass is 511 g/mol. The van der Waals surface area contributed by atoms with Crippen LogP contribution >= 0.6 is 0 Å². The Balaban J connectivity index is 1.63. The van der Waals surface area contributed by atoms with Crippen molar-refractivity contribution in [3.05, 3.63) is 71.5 Å². The number of hydrazine groups is 1. The molecule has 10 nitrogen and oxygen atoms in total. The molecule has 0 radical (unpaired) electrons. The first kappa shape index (κ1) is 26.1. The first-order valence-corrected chi connectivity index (χ1v) is 12.1. The van der Waals surface area contributed by atoms with Gasteiger partial charge in [0.05, 0.1) is 19.1 Å². The van der Waals surface area contributed by atoms with Crippen LogP contribution in [0.15, 0.2) is 54.6 Å². The number of carbonyl (C=O) groups is 4. The zero-order valence-electron chi connectivity index (χ0n) is 20.7. The lowest BCUT2D eigenvalue weighted by Gasteiger charge is -2.55. The Kier molecular flexibility index (Phi) is 7.72. The van der Waals surface area contributed by atoms with E-state index in [1.807, 2.05) is 37.3 Å². The molecule has 11 heteroatoms. The fourth-order valence-corrected chi connectivity index (χ4v) is 4.92. The Labute approximate surface area is 214 Å². The van der Waals surface area contributed by atoms with Crippen molar-refractivity contribution in [2.24, 2.45) is 0 Å². The number of carboxylic acid groups (broad SMARTS) is 1. The van der Waals surface area contributed by atoms with Crippen molar-refractivity contribution < 1.29 is 28.7 Å². The second-order valence-corrected chi connectivity index (χ2v) is 9.25. The average molecular weight is 512 g/mol. The molecule has 37 heavy (non-hydrogen) atoms. The summed E-state index contributed by atoms with van der Waals surface area (Å²) >= 11 is 0. The van der Waals surface area contributed by atoms with Crippen molar-refractivity contribution >= 4 is 23.8 Å². The molecule has 0 bridgehead atoms. The highest BCUT2D eigenvalue weighted by atomic mass is 19.1. The normalized spacial score (nSPS) is 21.0. The molecular formula is C26H30FN5O5. The van der Waals surface area contributed by atoms with E-state index in [2.05, 4.69) is 5.32 Å². The summed E-state index contributed by atoms with van der Waals surface area (Å²) in [6, 6.07) is 13.2. The predicted octanol–water partition coefficient (Wildman–Crippen LogP) is 2.19. The number of nitrogens with one attached hydrogen (secondary N) is 1. The first-order chi connectivity index (χ1) is 17.7. The predicted molar refractivity (Wildman–Crippen MR) is 131 cm³/mol. The highest BCUT2D eigenvalue weighted by Crippen LogP contribution is 2.32. The van der Waals surface area contributed by atoms with Gasteiger partial charge in [-0.3, -0.25) is 14.4 Å². The molecule has 4 amide bonds. The van der Waals surface area contributed by atoms with Gasteiger partial charge in [0, 0.05) is 20.0 Å². The van der Waals surface area contributed by atoms with E-state index in [0.717, 1.165) is 5.56 Å². The quantitative estimate of drug-likeness (QED) is 0.589. The molecule has 0 spiro atoms. The summed E-state index contributed by atoms with van der Waals surface area (Å²) in [4.78, 5) is 54.5. The largest absolute Gasteiger partial charge is 0.481 e. The number of nitrogens with zero attached hydrogens (tertiary/aromatic N) is 4. The maximum atomic E-state index is 13.6. The molecule has 1 unspecified atom stereocenters.